The van der Waals surface area contributed by atoms with E-state index >= 15 is 0 Å². The Morgan fingerprint density at radius 3 is 2.58 bits per heavy atom. The Hall–Kier alpha value is -3.40. The number of amides is 1. The van der Waals surface area contributed by atoms with Crippen LogP contribution in [-0.2, 0) is 16.3 Å². The lowest BCUT2D eigenvalue weighted by atomic mass is 9.92. The van der Waals surface area contributed by atoms with E-state index in [0.717, 1.165) is 11.1 Å². The van der Waals surface area contributed by atoms with Gasteiger partial charge in [0, 0.05) is 28.9 Å². The molecule has 3 heterocycles. The molecule has 1 saturated heterocycles. The van der Waals surface area contributed by atoms with Gasteiger partial charge < -0.3 is 9.84 Å². The van der Waals surface area contributed by atoms with Crippen molar-refractivity contribution < 1.29 is 27.4 Å². The predicted molar refractivity (Wildman–Crippen MR) is 120 cm³/mol. The van der Waals surface area contributed by atoms with Crippen LogP contribution in [0.25, 0.3) is 11.1 Å². The largest absolute Gasteiger partial charge is 0.465 e. The molecule has 10 heteroatoms. The van der Waals surface area contributed by atoms with Gasteiger partial charge in [0.25, 0.3) is 0 Å². The van der Waals surface area contributed by atoms with Gasteiger partial charge in [-0.25, -0.2) is 17.6 Å². The van der Waals surface area contributed by atoms with E-state index in [0.29, 0.717) is 35.6 Å². The molecule has 0 aliphatic carbocycles. The smallest absolute Gasteiger partial charge is 0.412 e. The van der Waals surface area contributed by atoms with Gasteiger partial charge in [0.1, 0.15) is 17.3 Å². The molecule has 0 unspecified atom stereocenters. The molecule has 0 bridgehead atoms. The van der Waals surface area contributed by atoms with E-state index in [1.54, 1.807) is 29.2 Å². The summed E-state index contributed by atoms with van der Waals surface area (Å²) in [5.41, 5.74) is 2.72. The van der Waals surface area contributed by atoms with Crippen LogP contribution in [0.1, 0.15) is 24.9 Å². The number of halogens is 1. The number of ether oxygens (including phenoxy) is 1. The molecule has 1 N–H and O–H groups in total. The molecule has 1 fully saturated rings. The predicted octanol–water partition coefficient (Wildman–Crippen LogP) is 4.27. The minimum absolute atomic E-state index is 0.0582. The molecule has 1 aromatic heterocycles. The minimum atomic E-state index is -3.00. The molecule has 2 aromatic carbocycles. The molecule has 3 aromatic rings. The van der Waals surface area contributed by atoms with E-state index in [1.165, 1.54) is 29.2 Å². The lowest BCUT2D eigenvalue weighted by molar-refractivity contribution is 0.198. The summed E-state index contributed by atoms with van der Waals surface area (Å²) in [5.74, 6) is 0.633. The highest BCUT2D eigenvalue weighted by molar-refractivity contribution is 7.92. The molecule has 2 aliphatic heterocycles. The van der Waals surface area contributed by atoms with Gasteiger partial charge in [0.15, 0.2) is 9.84 Å². The highest BCUT2D eigenvalue weighted by Gasteiger charge is 2.36. The zero-order chi connectivity index (χ0) is 23.3. The van der Waals surface area contributed by atoms with E-state index in [4.69, 9.17) is 4.74 Å². The van der Waals surface area contributed by atoms with Crippen LogP contribution in [-0.4, -0.2) is 46.9 Å². The van der Waals surface area contributed by atoms with Crippen LogP contribution in [0.2, 0.25) is 0 Å². The summed E-state index contributed by atoms with van der Waals surface area (Å²) in [6.45, 7) is 1.86. The summed E-state index contributed by atoms with van der Waals surface area (Å²) in [4.78, 5) is 13.3. The number of fused-ring (bicyclic) bond motifs is 1. The number of hydrogen-bond acceptors (Lipinski definition) is 5. The van der Waals surface area contributed by atoms with Crippen molar-refractivity contribution in [1.29, 1.82) is 0 Å². The van der Waals surface area contributed by atoms with Gasteiger partial charge in [-0.3, -0.25) is 9.58 Å². The summed E-state index contributed by atoms with van der Waals surface area (Å²) in [5, 5.41) is 14.1. The number of benzene rings is 2. The van der Waals surface area contributed by atoms with Gasteiger partial charge in [0.05, 0.1) is 29.4 Å². The van der Waals surface area contributed by atoms with Gasteiger partial charge >= 0.3 is 6.09 Å². The zero-order valence-electron chi connectivity index (χ0n) is 17.8. The minimum Gasteiger partial charge on any atom is -0.465 e. The Bertz CT molecular complexity index is 1320. The molecule has 0 spiro atoms. The van der Waals surface area contributed by atoms with E-state index in [9.17, 15) is 22.7 Å². The topological polar surface area (TPSA) is 102 Å². The van der Waals surface area contributed by atoms with E-state index in [-0.39, 0.29) is 29.4 Å². The Kier molecular flexibility index (Phi) is 5.12. The fourth-order valence-electron chi connectivity index (χ4n) is 4.43. The first kappa shape index (κ1) is 21.4. The standard InChI is InChI=1S/C23H22FN3O5S/c1-14-2-7-20-21(27(14)23(28)29)9-8-19(22(20)32-18-5-3-16(24)4-6-18)15-10-25-26(11-15)17-12-33(30,31)13-17/h3-6,8-11,14,17H,2,7,12-13H2,1H3,(H,28,29)/t14-/m0/s1. The number of aromatic nitrogens is 2. The third-order valence-corrected chi connectivity index (χ3v) is 7.95. The zero-order valence-corrected chi connectivity index (χ0v) is 18.6. The molecular formula is C23H22FN3O5S. The maximum absolute atomic E-state index is 13.4. The first-order chi connectivity index (χ1) is 15.7. The van der Waals surface area contributed by atoms with Gasteiger partial charge in [0.2, 0.25) is 0 Å². The fraction of sp³-hybridized carbons (Fsp3) is 0.304. The van der Waals surface area contributed by atoms with Gasteiger partial charge in [-0.2, -0.15) is 5.10 Å². The lowest BCUT2D eigenvalue weighted by Gasteiger charge is -2.34. The van der Waals surface area contributed by atoms with Crippen molar-refractivity contribution in [2.75, 3.05) is 16.4 Å². The molecule has 172 valence electrons. The second kappa shape index (κ2) is 7.87. The van der Waals surface area contributed by atoms with Gasteiger partial charge in [-0.1, -0.05) is 0 Å². The van der Waals surface area contributed by atoms with Crippen molar-refractivity contribution in [3.05, 3.63) is 60.2 Å². The first-order valence-electron chi connectivity index (χ1n) is 10.6. The maximum atomic E-state index is 13.4. The average molecular weight is 472 g/mol. The number of rotatable bonds is 4. The van der Waals surface area contributed by atoms with Crippen LogP contribution in [0.5, 0.6) is 11.5 Å². The second-order valence-electron chi connectivity index (χ2n) is 8.48. The molecule has 0 saturated carbocycles. The molecule has 33 heavy (non-hydrogen) atoms. The van der Waals surface area contributed by atoms with Gasteiger partial charge in [-0.05, 0) is 56.2 Å². The van der Waals surface area contributed by atoms with Crippen LogP contribution < -0.4 is 9.64 Å². The molecular weight excluding hydrogens is 449 g/mol. The number of hydrogen-bond donors (Lipinski definition) is 1. The number of anilines is 1. The molecule has 8 nitrogen and oxygen atoms in total. The van der Waals surface area contributed by atoms with Crippen molar-refractivity contribution in [2.45, 2.75) is 31.8 Å². The Balaban J connectivity index is 1.60. The van der Waals surface area contributed by atoms with Crippen molar-refractivity contribution in [2.24, 2.45) is 0 Å². The Morgan fingerprint density at radius 1 is 1.18 bits per heavy atom. The third kappa shape index (κ3) is 3.95. The highest BCUT2D eigenvalue weighted by Crippen LogP contribution is 2.45. The molecule has 2 aliphatic rings. The van der Waals surface area contributed by atoms with Gasteiger partial charge in [-0.15, -0.1) is 0 Å². The average Bonchev–Trinajstić information content (AvgIpc) is 3.23. The Labute approximate surface area is 190 Å². The van der Waals surface area contributed by atoms with Crippen LogP contribution in [0.3, 0.4) is 0 Å². The first-order valence-corrected chi connectivity index (χ1v) is 12.4. The van der Waals surface area contributed by atoms with E-state index in [2.05, 4.69) is 5.10 Å². The van der Waals surface area contributed by atoms with Crippen molar-refractivity contribution in [3.8, 4) is 22.6 Å². The monoisotopic (exact) mass is 471 g/mol. The number of sulfone groups is 1. The summed E-state index contributed by atoms with van der Waals surface area (Å²) in [6.07, 6.45) is 3.62. The highest BCUT2D eigenvalue weighted by atomic mass is 32.2. The summed E-state index contributed by atoms with van der Waals surface area (Å²) in [7, 11) is -3.00. The van der Waals surface area contributed by atoms with Crippen LogP contribution in [0.15, 0.2) is 48.8 Å². The lowest BCUT2D eigenvalue weighted by Crippen LogP contribution is -2.41. The number of carboxylic acid groups (broad SMARTS) is 1. The van der Waals surface area contributed by atoms with Crippen molar-refractivity contribution in [3.63, 3.8) is 0 Å². The van der Waals surface area contributed by atoms with Crippen LogP contribution in [0.4, 0.5) is 14.9 Å². The van der Waals surface area contributed by atoms with E-state index < -0.39 is 15.9 Å². The Morgan fingerprint density at radius 2 is 1.91 bits per heavy atom. The van der Waals surface area contributed by atoms with E-state index in [1.807, 2.05) is 6.92 Å². The maximum Gasteiger partial charge on any atom is 0.412 e. The summed E-state index contributed by atoms with van der Waals surface area (Å²) >= 11 is 0. The summed E-state index contributed by atoms with van der Waals surface area (Å²) < 4.78 is 44.4. The second-order valence-corrected chi connectivity index (χ2v) is 10.6. The van der Waals surface area contributed by atoms with Crippen molar-refractivity contribution in [1.82, 2.24) is 9.78 Å². The van der Waals surface area contributed by atoms with Crippen LogP contribution in [0, 0.1) is 5.82 Å². The normalized spacial score (nSPS) is 19.6. The number of carbonyl (C=O) groups is 1. The third-order valence-electron chi connectivity index (χ3n) is 6.17. The van der Waals surface area contributed by atoms with Crippen LogP contribution >= 0.6 is 0 Å². The number of nitrogens with zero attached hydrogens (tertiary/aromatic N) is 3. The quantitative estimate of drug-likeness (QED) is 0.610. The molecule has 1 atom stereocenters. The molecule has 1 amide bonds. The van der Waals surface area contributed by atoms with Crippen molar-refractivity contribution >= 4 is 21.6 Å². The molecule has 5 rings (SSSR count). The summed E-state index contributed by atoms with van der Waals surface area (Å²) in [6, 6.07) is 8.79. The molecule has 0 radical (unpaired) electrons. The SMILES string of the molecule is C[C@H]1CCc2c(ccc(-c3cnn(C4CS(=O)(=O)C4)c3)c2Oc2ccc(F)cc2)N1C(=O)O. The fourth-order valence-corrected chi connectivity index (χ4v) is 5.81.